The molecule has 4 rings (SSSR count). The van der Waals surface area contributed by atoms with Gasteiger partial charge in [0.05, 0.1) is 12.6 Å². The molecule has 3 saturated carbocycles. The Morgan fingerprint density at radius 2 is 1.56 bits per heavy atom. The molecule has 3 aliphatic carbocycles. The second-order valence-electron chi connectivity index (χ2n) is 7.37. The number of hydrogen-bond acceptors (Lipinski definition) is 3. The van der Waals surface area contributed by atoms with Gasteiger partial charge in [-0.2, -0.15) is 5.10 Å². The van der Waals surface area contributed by atoms with Gasteiger partial charge in [0.15, 0.2) is 0 Å². The van der Waals surface area contributed by atoms with Crippen molar-refractivity contribution in [3.63, 3.8) is 0 Å². The number of rotatable bonds is 5. The van der Waals surface area contributed by atoms with Gasteiger partial charge in [-0.15, -0.1) is 0 Å². The van der Waals surface area contributed by atoms with Gasteiger partial charge in [0, 0.05) is 25.3 Å². The summed E-state index contributed by atoms with van der Waals surface area (Å²) in [7, 11) is 1.79. The van der Waals surface area contributed by atoms with Crippen LogP contribution in [0.1, 0.15) is 44.9 Å². The topological polar surface area (TPSA) is 24.8 Å². The first kappa shape index (κ1) is 23.2. The van der Waals surface area contributed by atoms with Crippen molar-refractivity contribution in [3.05, 3.63) is 63.7 Å². The molecule has 3 nitrogen and oxygen atoms in total. The summed E-state index contributed by atoms with van der Waals surface area (Å²) in [6.45, 7) is 1.87. The van der Waals surface area contributed by atoms with E-state index in [0.717, 1.165) is 13.2 Å². The Morgan fingerprint density at radius 1 is 0.926 bits per heavy atom. The van der Waals surface area contributed by atoms with E-state index in [2.05, 4.69) is 30.7 Å². The first-order valence-electron chi connectivity index (χ1n) is 10.1. The summed E-state index contributed by atoms with van der Waals surface area (Å²) in [5.74, 6) is 1.97. The third kappa shape index (κ3) is 7.37. The third-order valence-corrected chi connectivity index (χ3v) is 5.45. The maximum absolute atomic E-state index is 5.36. The van der Waals surface area contributed by atoms with Crippen molar-refractivity contribution >= 4 is 5.71 Å². The molecule has 4 heteroatoms. The van der Waals surface area contributed by atoms with Crippen LogP contribution in [-0.4, -0.2) is 37.0 Å². The standard InChI is InChI=1S/C18H27N2O.C5H5.Fe/c1-21-14-17-12-7-13-20(17)19-18(16-10-5-6-11-16)15-8-3-2-4-9-15;1-2-4-5-3-1;/h5-6,10-11,15,17H,2-4,7-9,12-14H2,1H3;1-5H;/q;;+2/b19-18-;;/t17-;;/m0../s1. The van der Waals surface area contributed by atoms with Gasteiger partial charge in [0.25, 0.3) is 0 Å². The fourth-order valence-electron chi connectivity index (χ4n) is 4.07. The van der Waals surface area contributed by atoms with Crippen LogP contribution in [0.25, 0.3) is 0 Å². The molecule has 0 spiro atoms. The molecule has 1 aliphatic heterocycles. The fourth-order valence-corrected chi connectivity index (χ4v) is 4.07. The Hall–Kier alpha value is -0.0505. The summed E-state index contributed by atoms with van der Waals surface area (Å²) >= 11 is 0. The summed E-state index contributed by atoms with van der Waals surface area (Å²) < 4.78 is 5.36. The number of ether oxygens (including phenoxy) is 1. The molecular weight excluding hydrogens is 376 g/mol. The van der Waals surface area contributed by atoms with Gasteiger partial charge >= 0.3 is 17.1 Å². The SMILES string of the molecule is COC[C@@H]1CCCN1/N=C(\[C]1[CH][CH][CH][CH]1)C1CCCCC1.[CH]1[CH][CH][CH][CH]1.[Fe+2]. The predicted molar refractivity (Wildman–Crippen MR) is 108 cm³/mol. The zero-order chi connectivity index (χ0) is 18.0. The molecule has 146 valence electrons. The maximum atomic E-state index is 5.36. The molecule has 1 heterocycles. The minimum absolute atomic E-state index is 0. The first-order chi connectivity index (χ1) is 12.9. The molecule has 0 amide bonds. The van der Waals surface area contributed by atoms with Crippen molar-refractivity contribution in [3.8, 4) is 0 Å². The molecule has 27 heavy (non-hydrogen) atoms. The number of nitrogens with zero attached hydrogens (tertiary/aromatic N) is 2. The molecule has 0 aromatic rings. The van der Waals surface area contributed by atoms with Crippen LogP contribution in [0.15, 0.2) is 5.10 Å². The van der Waals surface area contributed by atoms with Crippen molar-refractivity contribution < 1.29 is 21.8 Å². The molecule has 0 unspecified atom stereocenters. The predicted octanol–water partition coefficient (Wildman–Crippen LogP) is 4.46. The van der Waals surface area contributed by atoms with E-state index in [4.69, 9.17) is 9.84 Å². The minimum Gasteiger partial charge on any atom is -0.382 e. The van der Waals surface area contributed by atoms with Crippen LogP contribution in [0.4, 0.5) is 0 Å². The molecule has 0 N–H and O–H groups in total. The number of hydrogen-bond donors (Lipinski definition) is 0. The number of methoxy groups -OCH3 is 1. The molecule has 4 fully saturated rings. The van der Waals surface area contributed by atoms with E-state index in [9.17, 15) is 0 Å². The van der Waals surface area contributed by atoms with Gasteiger partial charge in [0.1, 0.15) is 0 Å². The van der Waals surface area contributed by atoms with E-state index in [1.165, 1.54) is 56.6 Å². The van der Waals surface area contributed by atoms with E-state index in [0.29, 0.717) is 12.0 Å². The molecular formula is C23H32FeN2O+2. The minimum atomic E-state index is 0. The summed E-state index contributed by atoms with van der Waals surface area (Å²) in [6, 6.07) is 0.462. The molecule has 0 aromatic heterocycles. The average Bonchev–Trinajstić information content (AvgIpc) is 3.44. The van der Waals surface area contributed by atoms with Crippen molar-refractivity contribution in [2.24, 2.45) is 11.0 Å². The normalized spacial score (nSPS) is 27.4. The maximum Gasteiger partial charge on any atom is 2.00 e. The van der Waals surface area contributed by atoms with Gasteiger partial charge in [-0.05, 0) is 89.4 Å². The molecule has 0 bridgehead atoms. The zero-order valence-electron chi connectivity index (χ0n) is 16.4. The summed E-state index contributed by atoms with van der Waals surface area (Å²) in [5, 5.41) is 7.40. The van der Waals surface area contributed by atoms with Gasteiger partial charge in [-0.1, -0.05) is 19.3 Å². The molecule has 1 atom stereocenters. The second kappa shape index (κ2) is 13.2. The van der Waals surface area contributed by atoms with Gasteiger partial charge < -0.3 is 4.74 Å². The fraction of sp³-hybridized carbons (Fsp3) is 0.522. The van der Waals surface area contributed by atoms with Crippen LogP contribution < -0.4 is 0 Å². The van der Waals surface area contributed by atoms with Crippen LogP contribution in [0.3, 0.4) is 0 Å². The van der Waals surface area contributed by atoms with E-state index >= 15 is 0 Å². The number of hydrazone groups is 1. The van der Waals surface area contributed by atoms with Crippen molar-refractivity contribution in [1.82, 2.24) is 5.01 Å². The molecule has 1 saturated heterocycles. The van der Waals surface area contributed by atoms with Crippen molar-refractivity contribution in [2.45, 2.75) is 51.0 Å². The second-order valence-corrected chi connectivity index (χ2v) is 7.37. The van der Waals surface area contributed by atoms with Gasteiger partial charge in [0.2, 0.25) is 0 Å². The molecule has 0 aromatic carbocycles. The molecule has 10 radical (unpaired) electrons. The summed E-state index contributed by atoms with van der Waals surface area (Å²) in [4.78, 5) is 0. The van der Waals surface area contributed by atoms with E-state index < -0.39 is 0 Å². The van der Waals surface area contributed by atoms with E-state index in [1.807, 2.05) is 32.1 Å². The Bertz CT molecular complexity index is 405. The largest absolute Gasteiger partial charge is 2.00 e. The average molecular weight is 408 g/mol. The summed E-state index contributed by atoms with van der Waals surface area (Å²) in [5.41, 5.74) is 1.32. The summed E-state index contributed by atoms with van der Waals surface area (Å²) in [6.07, 6.45) is 27.8. The van der Waals surface area contributed by atoms with E-state index in [1.54, 1.807) is 7.11 Å². The van der Waals surface area contributed by atoms with Crippen LogP contribution in [-0.2, 0) is 21.8 Å². The van der Waals surface area contributed by atoms with Crippen LogP contribution in [0.5, 0.6) is 0 Å². The van der Waals surface area contributed by atoms with Crippen molar-refractivity contribution in [1.29, 1.82) is 0 Å². The van der Waals surface area contributed by atoms with E-state index in [-0.39, 0.29) is 17.1 Å². The smallest absolute Gasteiger partial charge is 0.382 e. The Kier molecular flexibility index (Phi) is 11.4. The Labute approximate surface area is 178 Å². The van der Waals surface area contributed by atoms with Crippen LogP contribution in [0, 0.1) is 69.6 Å². The van der Waals surface area contributed by atoms with Crippen LogP contribution >= 0.6 is 0 Å². The monoisotopic (exact) mass is 408 g/mol. The third-order valence-electron chi connectivity index (χ3n) is 5.45. The zero-order valence-corrected chi connectivity index (χ0v) is 17.5. The van der Waals surface area contributed by atoms with Crippen molar-refractivity contribution in [2.75, 3.05) is 20.3 Å². The Balaban J connectivity index is 0.000000379. The quantitative estimate of drug-likeness (QED) is 0.496. The van der Waals surface area contributed by atoms with Gasteiger partial charge in [-0.3, -0.25) is 5.01 Å². The van der Waals surface area contributed by atoms with Gasteiger partial charge in [-0.25, -0.2) is 0 Å². The Morgan fingerprint density at radius 3 is 2.15 bits per heavy atom. The first-order valence-corrected chi connectivity index (χ1v) is 10.1. The van der Waals surface area contributed by atoms with Crippen LogP contribution in [0.2, 0.25) is 0 Å². The molecule has 4 aliphatic rings.